The van der Waals surface area contributed by atoms with Crippen LogP contribution in [0.25, 0.3) is 11.1 Å². The highest BCUT2D eigenvalue weighted by atomic mass is 35.5. The third-order valence-electron chi connectivity index (χ3n) is 3.90. The molecule has 0 aliphatic rings. The lowest BCUT2D eigenvalue weighted by Gasteiger charge is -2.12. The van der Waals surface area contributed by atoms with E-state index in [0.717, 1.165) is 5.56 Å². The lowest BCUT2D eigenvalue weighted by Crippen LogP contribution is -2.20. The van der Waals surface area contributed by atoms with Crippen LogP contribution in [0, 0.1) is 0 Å². The van der Waals surface area contributed by atoms with Crippen molar-refractivity contribution >= 4 is 17.6 Å². The van der Waals surface area contributed by atoms with Crippen LogP contribution in [0.1, 0.15) is 15.9 Å². The summed E-state index contributed by atoms with van der Waals surface area (Å²) in [7, 11) is 1.32. The molecule has 0 amide bonds. The number of carbonyl (C=O) groups excluding carboxylic acids is 1. The Morgan fingerprint density at radius 1 is 1.04 bits per heavy atom. The molecule has 0 atom stereocenters. The predicted octanol–water partition coefficient (Wildman–Crippen LogP) is 4.00. The van der Waals surface area contributed by atoms with Crippen LogP contribution >= 0.6 is 11.6 Å². The summed E-state index contributed by atoms with van der Waals surface area (Å²) in [6.45, 7) is 0.386. The molecule has 0 radical (unpaired) electrons. The minimum atomic E-state index is -0.458. The largest absolute Gasteiger partial charge is 0.465 e. The molecule has 1 aromatic heterocycles. The van der Waals surface area contributed by atoms with E-state index in [-0.39, 0.29) is 5.56 Å². The lowest BCUT2D eigenvalue weighted by molar-refractivity contribution is 0.0601. The first-order valence-corrected chi connectivity index (χ1v) is 8.10. The van der Waals surface area contributed by atoms with Gasteiger partial charge in [0.25, 0.3) is 5.56 Å². The van der Waals surface area contributed by atoms with Crippen LogP contribution in [-0.2, 0) is 11.3 Å². The molecule has 0 spiro atoms. The maximum Gasteiger partial charge on any atom is 0.338 e. The van der Waals surface area contributed by atoms with E-state index in [1.165, 1.54) is 17.7 Å². The van der Waals surface area contributed by atoms with Crippen molar-refractivity contribution in [2.75, 3.05) is 7.11 Å². The molecular weight excluding hydrogens is 338 g/mol. The Labute approximate surface area is 150 Å². The highest BCUT2D eigenvalue weighted by molar-refractivity contribution is 6.29. The number of pyridine rings is 1. The number of hydrogen-bond acceptors (Lipinski definition) is 3. The molecule has 3 rings (SSSR count). The van der Waals surface area contributed by atoms with Crippen LogP contribution in [0.3, 0.4) is 0 Å². The molecule has 0 saturated carbocycles. The second kappa shape index (κ2) is 7.36. The fourth-order valence-electron chi connectivity index (χ4n) is 2.66. The first-order chi connectivity index (χ1) is 12.1. The molecule has 0 bridgehead atoms. The van der Waals surface area contributed by atoms with Crippen molar-refractivity contribution in [3.63, 3.8) is 0 Å². The van der Waals surface area contributed by atoms with Crippen molar-refractivity contribution in [2.45, 2.75) is 6.54 Å². The quantitative estimate of drug-likeness (QED) is 0.526. The maximum absolute atomic E-state index is 12.6. The number of halogens is 1. The number of aromatic nitrogens is 1. The van der Waals surface area contributed by atoms with Crippen LogP contribution in [-0.4, -0.2) is 17.6 Å². The lowest BCUT2D eigenvalue weighted by atomic mass is 10.0. The monoisotopic (exact) mass is 353 g/mol. The minimum absolute atomic E-state index is 0.231. The van der Waals surface area contributed by atoms with Crippen LogP contribution < -0.4 is 5.56 Å². The third kappa shape index (κ3) is 3.64. The van der Waals surface area contributed by atoms with Crippen molar-refractivity contribution in [2.24, 2.45) is 0 Å². The summed E-state index contributed by atoms with van der Waals surface area (Å²) in [5, 5.41) is 0.311. The topological polar surface area (TPSA) is 48.3 Å². The molecule has 0 unspecified atom stereocenters. The van der Waals surface area contributed by atoms with Gasteiger partial charge in [-0.1, -0.05) is 60.1 Å². The molecule has 25 heavy (non-hydrogen) atoms. The van der Waals surface area contributed by atoms with E-state index < -0.39 is 5.97 Å². The fourth-order valence-corrected chi connectivity index (χ4v) is 2.92. The Morgan fingerprint density at radius 2 is 1.72 bits per heavy atom. The molecule has 0 aliphatic carbocycles. The van der Waals surface area contributed by atoms with Gasteiger partial charge in [-0.05, 0) is 28.8 Å². The highest BCUT2D eigenvalue weighted by Gasteiger charge is 2.15. The van der Waals surface area contributed by atoms with Crippen molar-refractivity contribution in [3.8, 4) is 11.1 Å². The zero-order valence-corrected chi connectivity index (χ0v) is 14.4. The van der Waals surface area contributed by atoms with Gasteiger partial charge < -0.3 is 4.74 Å². The standard InChI is InChI=1S/C20H16ClNO3/c1-25-20(24)17-10-6-5-9-16(17)15-11-18(21)22(19(23)12-15)13-14-7-3-2-4-8-14/h2-12H,13H2,1H3. The highest BCUT2D eigenvalue weighted by Crippen LogP contribution is 2.25. The zero-order valence-electron chi connectivity index (χ0n) is 13.6. The third-order valence-corrected chi connectivity index (χ3v) is 4.22. The summed E-state index contributed by atoms with van der Waals surface area (Å²) in [5.74, 6) is -0.458. The van der Waals surface area contributed by atoms with Gasteiger partial charge in [0.05, 0.1) is 19.2 Å². The van der Waals surface area contributed by atoms with E-state index in [1.54, 1.807) is 30.3 Å². The number of ether oxygens (including phenoxy) is 1. The number of benzene rings is 2. The molecule has 2 aromatic carbocycles. The predicted molar refractivity (Wildman–Crippen MR) is 98.0 cm³/mol. The number of nitrogens with zero attached hydrogens (tertiary/aromatic N) is 1. The van der Waals surface area contributed by atoms with Crippen molar-refractivity contribution in [1.82, 2.24) is 4.57 Å². The Balaban J connectivity index is 2.04. The van der Waals surface area contributed by atoms with Gasteiger partial charge in [-0.15, -0.1) is 0 Å². The van der Waals surface area contributed by atoms with Gasteiger partial charge in [0.2, 0.25) is 0 Å². The summed E-state index contributed by atoms with van der Waals surface area (Å²) in [5.41, 5.74) is 2.34. The summed E-state index contributed by atoms with van der Waals surface area (Å²) >= 11 is 6.35. The summed E-state index contributed by atoms with van der Waals surface area (Å²) in [6.07, 6.45) is 0. The molecule has 1 heterocycles. The van der Waals surface area contributed by atoms with E-state index >= 15 is 0 Å². The summed E-state index contributed by atoms with van der Waals surface area (Å²) < 4.78 is 6.29. The number of esters is 1. The minimum Gasteiger partial charge on any atom is -0.465 e. The summed E-state index contributed by atoms with van der Waals surface area (Å²) in [4.78, 5) is 24.5. The number of rotatable bonds is 4. The molecule has 0 N–H and O–H groups in total. The van der Waals surface area contributed by atoms with Crippen LogP contribution in [0.2, 0.25) is 5.15 Å². The SMILES string of the molecule is COC(=O)c1ccccc1-c1cc(Cl)n(Cc2ccccc2)c(=O)c1. The molecule has 0 fully saturated rings. The average molecular weight is 354 g/mol. The van der Waals surface area contributed by atoms with Crippen LogP contribution in [0.15, 0.2) is 71.5 Å². The smallest absolute Gasteiger partial charge is 0.338 e. The Kier molecular flexibility index (Phi) is 5.00. The van der Waals surface area contributed by atoms with E-state index in [9.17, 15) is 9.59 Å². The van der Waals surface area contributed by atoms with Gasteiger partial charge in [-0.25, -0.2) is 4.79 Å². The van der Waals surface area contributed by atoms with E-state index in [4.69, 9.17) is 16.3 Å². The van der Waals surface area contributed by atoms with Crippen molar-refractivity contribution in [3.05, 3.63) is 93.4 Å². The Morgan fingerprint density at radius 3 is 2.40 bits per heavy atom. The molecular formula is C20H16ClNO3. The van der Waals surface area contributed by atoms with Crippen LogP contribution in [0.5, 0.6) is 0 Å². The Bertz CT molecular complexity index is 964. The van der Waals surface area contributed by atoms with Gasteiger partial charge >= 0.3 is 5.97 Å². The molecule has 0 saturated heterocycles. The normalized spacial score (nSPS) is 10.5. The zero-order chi connectivity index (χ0) is 17.8. The molecule has 0 aliphatic heterocycles. The average Bonchev–Trinajstić information content (AvgIpc) is 2.64. The van der Waals surface area contributed by atoms with Crippen molar-refractivity contribution in [1.29, 1.82) is 0 Å². The number of carbonyl (C=O) groups is 1. The number of hydrogen-bond donors (Lipinski definition) is 0. The first-order valence-electron chi connectivity index (χ1n) is 7.72. The van der Waals surface area contributed by atoms with Crippen molar-refractivity contribution < 1.29 is 9.53 Å². The van der Waals surface area contributed by atoms with Gasteiger partial charge in [0.15, 0.2) is 0 Å². The number of methoxy groups -OCH3 is 1. The molecule has 3 aromatic rings. The van der Waals surface area contributed by atoms with Crippen LogP contribution in [0.4, 0.5) is 0 Å². The van der Waals surface area contributed by atoms with Gasteiger partial charge in [0.1, 0.15) is 5.15 Å². The van der Waals surface area contributed by atoms with E-state index in [2.05, 4.69) is 0 Å². The Hall–Kier alpha value is -2.85. The van der Waals surface area contributed by atoms with Gasteiger partial charge in [-0.2, -0.15) is 0 Å². The second-order valence-electron chi connectivity index (χ2n) is 5.51. The maximum atomic E-state index is 12.6. The molecule has 5 heteroatoms. The van der Waals surface area contributed by atoms with E-state index in [0.29, 0.717) is 28.4 Å². The van der Waals surface area contributed by atoms with Gasteiger partial charge in [-0.3, -0.25) is 9.36 Å². The fraction of sp³-hybridized carbons (Fsp3) is 0.100. The first kappa shape index (κ1) is 17.0. The van der Waals surface area contributed by atoms with Gasteiger partial charge in [0, 0.05) is 6.07 Å². The molecule has 126 valence electrons. The summed E-state index contributed by atoms with van der Waals surface area (Å²) in [6, 6.07) is 19.7. The van der Waals surface area contributed by atoms with E-state index in [1.807, 2.05) is 30.3 Å². The molecule has 4 nitrogen and oxygen atoms in total. The second-order valence-corrected chi connectivity index (χ2v) is 5.90.